The number of hydrogen-bond acceptors (Lipinski definition) is 4. The highest BCUT2D eigenvalue weighted by Gasteiger charge is 2.07. The Labute approximate surface area is 153 Å². The Morgan fingerprint density at radius 2 is 1.80 bits per heavy atom. The van der Waals surface area contributed by atoms with Crippen LogP contribution in [0.25, 0.3) is 22.0 Å². The Morgan fingerprint density at radius 1 is 0.960 bits per heavy atom. The van der Waals surface area contributed by atoms with Crippen molar-refractivity contribution < 1.29 is 4.79 Å². The fourth-order valence-electron chi connectivity index (χ4n) is 2.66. The first-order chi connectivity index (χ1) is 12.2. The van der Waals surface area contributed by atoms with Crippen LogP contribution in [0.5, 0.6) is 0 Å². The van der Waals surface area contributed by atoms with Crippen LogP contribution in [0.3, 0.4) is 0 Å². The molecule has 3 aromatic carbocycles. The summed E-state index contributed by atoms with van der Waals surface area (Å²) in [6.07, 6.45) is 0. The molecule has 0 fully saturated rings. The topological polar surface area (TPSA) is 42.0 Å². The van der Waals surface area contributed by atoms with Gasteiger partial charge in [-0.15, -0.1) is 11.3 Å². The molecule has 0 aliphatic heterocycles. The summed E-state index contributed by atoms with van der Waals surface area (Å²) in [5.41, 5.74) is 3.24. The molecule has 0 spiro atoms. The monoisotopic (exact) mass is 364 g/mol. The maximum Gasteiger partial charge on any atom is 0.252 e. The second-order valence-electron chi connectivity index (χ2n) is 5.58. The van der Waals surface area contributed by atoms with Crippen molar-refractivity contribution in [1.82, 2.24) is 4.98 Å². The van der Waals surface area contributed by atoms with E-state index in [0.717, 1.165) is 22.1 Å². The van der Waals surface area contributed by atoms with Crippen molar-refractivity contribution in [2.24, 2.45) is 0 Å². The fourth-order valence-corrected chi connectivity index (χ4v) is 3.51. The first kappa shape index (κ1) is 15.8. The number of aromatic nitrogens is 1. The summed E-state index contributed by atoms with van der Waals surface area (Å²) < 4.78 is 0. The van der Waals surface area contributed by atoms with E-state index >= 15 is 0 Å². The Bertz CT molecular complexity index is 1070. The van der Waals surface area contributed by atoms with Gasteiger partial charge >= 0.3 is 0 Å². The molecule has 4 rings (SSSR count). The lowest BCUT2D eigenvalue weighted by atomic mass is 10.1. The number of hydrogen-bond donors (Lipinski definition) is 1. The Hall–Kier alpha value is -2.69. The van der Waals surface area contributed by atoms with Gasteiger partial charge < -0.3 is 5.32 Å². The van der Waals surface area contributed by atoms with Crippen LogP contribution in [0.2, 0.25) is 0 Å². The average Bonchev–Trinajstić information content (AvgIpc) is 3.10. The molecule has 0 aliphatic rings. The molecule has 0 amide bonds. The summed E-state index contributed by atoms with van der Waals surface area (Å²) in [5.74, 6) is 0. The lowest BCUT2D eigenvalue weighted by molar-refractivity contribution is 0.108. The number of thiazole rings is 1. The number of nitrogens with zero attached hydrogens (tertiary/aromatic N) is 1. The molecule has 0 saturated heterocycles. The number of benzene rings is 3. The summed E-state index contributed by atoms with van der Waals surface area (Å²) >= 11 is 7.05. The van der Waals surface area contributed by atoms with Gasteiger partial charge in [0.25, 0.3) is 5.24 Å². The Balaban J connectivity index is 1.61. The number of carbonyl (C=O) groups excluding carboxylic acids is 1. The van der Waals surface area contributed by atoms with Gasteiger partial charge in [0.05, 0.1) is 5.69 Å². The predicted molar refractivity (Wildman–Crippen MR) is 105 cm³/mol. The van der Waals surface area contributed by atoms with Gasteiger partial charge in [-0.05, 0) is 46.6 Å². The highest BCUT2D eigenvalue weighted by atomic mass is 35.5. The van der Waals surface area contributed by atoms with E-state index in [1.54, 1.807) is 18.2 Å². The van der Waals surface area contributed by atoms with Crippen molar-refractivity contribution >= 4 is 49.8 Å². The Kier molecular flexibility index (Phi) is 4.22. The summed E-state index contributed by atoms with van der Waals surface area (Å²) in [4.78, 5) is 15.9. The molecule has 0 atom stereocenters. The summed E-state index contributed by atoms with van der Waals surface area (Å²) in [5, 5.41) is 7.93. The molecule has 0 radical (unpaired) electrons. The second-order valence-corrected chi connectivity index (χ2v) is 6.78. The first-order valence-electron chi connectivity index (χ1n) is 7.71. The van der Waals surface area contributed by atoms with Gasteiger partial charge in [-0.1, -0.05) is 42.5 Å². The maximum absolute atomic E-state index is 11.3. The van der Waals surface area contributed by atoms with Crippen molar-refractivity contribution in [1.29, 1.82) is 0 Å². The molecule has 0 aliphatic carbocycles. The van der Waals surface area contributed by atoms with Crippen molar-refractivity contribution in [3.05, 3.63) is 77.7 Å². The zero-order valence-corrected chi connectivity index (χ0v) is 14.6. The van der Waals surface area contributed by atoms with E-state index in [0.29, 0.717) is 5.56 Å². The lowest BCUT2D eigenvalue weighted by Crippen LogP contribution is -1.93. The fraction of sp³-hybridized carbons (Fsp3) is 0. The quantitative estimate of drug-likeness (QED) is 0.446. The number of halogens is 1. The summed E-state index contributed by atoms with van der Waals surface area (Å²) in [6, 6.07) is 21.6. The minimum atomic E-state index is -0.473. The normalized spacial score (nSPS) is 10.8. The molecular formula is C20H13ClN2OS. The van der Waals surface area contributed by atoms with Gasteiger partial charge in [0.1, 0.15) is 0 Å². The van der Waals surface area contributed by atoms with Crippen molar-refractivity contribution in [2.75, 3.05) is 5.32 Å². The minimum Gasteiger partial charge on any atom is -0.332 e. The van der Waals surface area contributed by atoms with E-state index in [1.807, 2.05) is 23.6 Å². The van der Waals surface area contributed by atoms with E-state index in [-0.39, 0.29) is 0 Å². The molecule has 25 heavy (non-hydrogen) atoms. The van der Waals surface area contributed by atoms with Crippen LogP contribution >= 0.6 is 22.9 Å². The van der Waals surface area contributed by atoms with Crippen LogP contribution in [-0.4, -0.2) is 10.2 Å². The zero-order valence-electron chi connectivity index (χ0n) is 13.1. The van der Waals surface area contributed by atoms with E-state index in [2.05, 4.69) is 40.6 Å². The van der Waals surface area contributed by atoms with Crippen LogP contribution in [-0.2, 0) is 0 Å². The van der Waals surface area contributed by atoms with Gasteiger partial charge in [0.15, 0.2) is 5.13 Å². The minimum absolute atomic E-state index is 0.456. The third kappa shape index (κ3) is 3.40. The molecule has 0 bridgehead atoms. The predicted octanol–water partition coefficient (Wildman–Crippen LogP) is 6.09. The third-order valence-corrected chi connectivity index (χ3v) is 4.87. The molecule has 1 heterocycles. The van der Waals surface area contributed by atoms with Crippen LogP contribution in [0.1, 0.15) is 10.4 Å². The molecule has 1 aromatic heterocycles. The number of anilines is 2. The second kappa shape index (κ2) is 6.67. The lowest BCUT2D eigenvalue weighted by Gasteiger charge is -2.04. The number of rotatable bonds is 4. The van der Waals surface area contributed by atoms with Crippen molar-refractivity contribution in [3.8, 4) is 11.3 Å². The number of nitrogens with one attached hydrogen (secondary N) is 1. The van der Waals surface area contributed by atoms with Gasteiger partial charge in [-0.3, -0.25) is 4.79 Å². The SMILES string of the molecule is O=C(Cl)c1cccc(Nc2nc(-c3ccc4ccccc4c3)cs2)c1. The number of carbonyl (C=O) groups is 1. The molecule has 4 aromatic rings. The highest BCUT2D eigenvalue weighted by molar-refractivity contribution is 7.14. The maximum atomic E-state index is 11.3. The average molecular weight is 365 g/mol. The van der Waals surface area contributed by atoms with Crippen LogP contribution < -0.4 is 5.32 Å². The molecule has 3 nitrogen and oxygen atoms in total. The van der Waals surface area contributed by atoms with Gasteiger partial charge in [0.2, 0.25) is 0 Å². The van der Waals surface area contributed by atoms with E-state index in [1.165, 1.54) is 22.1 Å². The molecule has 1 N–H and O–H groups in total. The van der Waals surface area contributed by atoms with E-state index < -0.39 is 5.24 Å². The molecule has 122 valence electrons. The van der Waals surface area contributed by atoms with Gasteiger partial charge in [-0.2, -0.15) is 0 Å². The Morgan fingerprint density at radius 3 is 2.64 bits per heavy atom. The zero-order chi connectivity index (χ0) is 17.2. The van der Waals surface area contributed by atoms with Crippen molar-refractivity contribution in [2.45, 2.75) is 0 Å². The summed E-state index contributed by atoms with van der Waals surface area (Å²) in [6.45, 7) is 0. The largest absolute Gasteiger partial charge is 0.332 e. The van der Waals surface area contributed by atoms with Gasteiger partial charge in [0, 0.05) is 22.2 Å². The van der Waals surface area contributed by atoms with Gasteiger partial charge in [-0.25, -0.2) is 4.98 Å². The smallest absolute Gasteiger partial charge is 0.252 e. The van der Waals surface area contributed by atoms with Crippen LogP contribution in [0.15, 0.2) is 72.1 Å². The van der Waals surface area contributed by atoms with Crippen LogP contribution in [0, 0.1) is 0 Å². The molecule has 0 saturated carbocycles. The standard InChI is InChI=1S/C20H13ClN2OS/c21-19(24)16-6-3-7-17(11-16)22-20-23-18(12-25-20)15-9-8-13-4-1-2-5-14(13)10-15/h1-12H,(H,22,23). The van der Waals surface area contributed by atoms with E-state index in [9.17, 15) is 4.79 Å². The molecule has 0 unspecified atom stereocenters. The third-order valence-electron chi connectivity index (χ3n) is 3.89. The van der Waals surface area contributed by atoms with Crippen molar-refractivity contribution in [3.63, 3.8) is 0 Å². The number of fused-ring (bicyclic) bond motifs is 1. The first-order valence-corrected chi connectivity index (χ1v) is 8.96. The highest BCUT2D eigenvalue weighted by Crippen LogP contribution is 2.29. The van der Waals surface area contributed by atoms with Crippen LogP contribution in [0.4, 0.5) is 10.8 Å². The molecular weight excluding hydrogens is 352 g/mol. The van der Waals surface area contributed by atoms with E-state index in [4.69, 9.17) is 11.6 Å². The summed E-state index contributed by atoms with van der Waals surface area (Å²) in [7, 11) is 0. The molecule has 5 heteroatoms.